The van der Waals surface area contributed by atoms with Gasteiger partial charge >= 0.3 is 0 Å². The molecule has 0 fully saturated rings. The number of methoxy groups -OCH3 is 1. The lowest BCUT2D eigenvalue weighted by molar-refractivity contribution is 0.355. The Bertz CT molecular complexity index is 344. The third kappa shape index (κ3) is 1.99. The van der Waals surface area contributed by atoms with Crippen LogP contribution in [0.5, 0.6) is 11.5 Å². The van der Waals surface area contributed by atoms with Crippen LogP contribution in [0.4, 0.5) is 4.39 Å². The average molecular weight is 264 g/mol. The highest BCUT2D eigenvalue weighted by molar-refractivity contribution is 9.10. The maximum atomic E-state index is 13.5. The number of aromatic hydroxyl groups is 1. The summed E-state index contributed by atoms with van der Waals surface area (Å²) in [6.07, 6.45) is 0.365. The van der Waals surface area contributed by atoms with Gasteiger partial charge in [0.15, 0.2) is 17.3 Å². The Hall–Kier alpha value is -0.810. The quantitative estimate of drug-likeness (QED) is 0.875. The largest absolute Gasteiger partial charge is 0.502 e. The summed E-state index contributed by atoms with van der Waals surface area (Å²) in [7, 11) is 1.36. The van der Waals surface area contributed by atoms with E-state index in [9.17, 15) is 9.50 Å². The van der Waals surface area contributed by atoms with E-state index in [-0.39, 0.29) is 5.75 Å². The van der Waals surface area contributed by atoms with Crippen molar-refractivity contribution in [3.8, 4) is 11.5 Å². The van der Waals surface area contributed by atoms with Crippen molar-refractivity contribution in [1.29, 1.82) is 0 Å². The minimum Gasteiger partial charge on any atom is -0.502 e. The fraction of sp³-hybridized carbons (Fsp3) is 0.333. The SMILES string of the molecule is COc1cc(Br)c(CCN)c(F)c1O. The third-order valence-corrected chi connectivity index (χ3v) is 2.57. The van der Waals surface area contributed by atoms with Crippen molar-refractivity contribution in [1.82, 2.24) is 0 Å². The van der Waals surface area contributed by atoms with E-state index in [0.717, 1.165) is 0 Å². The van der Waals surface area contributed by atoms with Gasteiger partial charge in [0.2, 0.25) is 0 Å². The van der Waals surface area contributed by atoms with E-state index < -0.39 is 11.6 Å². The Morgan fingerprint density at radius 2 is 2.29 bits per heavy atom. The van der Waals surface area contributed by atoms with Gasteiger partial charge in [0, 0.05) is 10.0 Å². The Morgan fingerprint density at radius 3 is 2.79 bits per heavy atom. The summed E-state index contributed by atoms with van der Waals surface area (Å²) in [5.41, 5.74) is 5.69. The molecule has 3 nitrogen and oxygen atoms in total. The predicted molar refractivity (Wildman–Crippen MR) is 55.1 cm³/mol. The van der Waals surface area contributed by atoms with Crippen LogP contribution >= 0.6 is 15.9 Å². The van der Waals surface area contributed by atoms with Crippen LogP contribution in [-0.4, -0.2) is 18.8 Å². The van der Waals surface area contributed by atoms with Gasteiger partial charge in [0.05, 0.1) is 7.11 Å². The molecule has 0 amide bonds. The van der Waals surface area contributed by atoms with Crippen molar-refractivity contribution in [3.63, 3.8) is 0 Å². The molecular formula is C9H11BrFNO2. The van der Waals surface area contributed by atoms with Gasteiger partial charge in [-0.05, 0) is 19.0 Å². The molecule has 0 unspecified atom stereocenters. The standard InChI is InChI=1S/C9H11BrFNO2/c1-14-7-4-6(10)5(2-3-12)8(11)9(7)13/h4,13H,2-3,12H2,1H3. The van der Waals surface area contributed by atoms with Gasteiger partial charge in [-0.1, -0.05) is 15.9 Å². The zero-order valence-corrected chi connectivity index (χ0v) is 9.27. The minimum absolute atomic E-state index is 0.107. The van der Waals surface area contributed by atoms with E-state index in [1.165, 1.54) is 13.2 Å². The normalized spacial score (nSPS) is 10.3. The van der Waals surface area contributed by atoms with E-state index in [2.05, 4.69) is 15.9 Å². The van der Waals surface area contributed by atoms with Gasteiger partial charge in [-0.15, -0.1) is 0 Å². The lowest BCUT2D eigenvalue weighted by Crippen LogP contribution is -2.06. The molecule has 78 valence electrons. The molecule has 0 aliphatic rings. The van der Waals surface area contributed by atoms with Gasteiger partial charge < -0.3 is 15.6 Å². The number of nitrogens with two attached hydrogens (primary N) is 1. The number of rotatable bonds is 3. The molecule has 5 heteroatoms. The first-order chi connectivity index (χ1) is 6.61. The van der Waals surface area contributed by atoms with Crippen LogP contribution in [0.3, 0.4) is 0 Å². The zero-order chi connectivity index (χ0) is 10.7. The Morgan fingerprint density at radius 1 is 1.64 bits per heavy atom. The van der Waals surface area contributed by atoms with Crippen LogP contribution in [0.2, 0.25) is 0 Å². The summed E-state index contributed by atoms with van der Waals surface area (Å²) >= 11 is 3.19. The van der Waals surface area contributed by atoms with Crippen molar-refractivity contribution < 1.29 is 14.2 Å². The molecule has 0 aromatic heterocycles. The molecule has 0 aliphatic heterocycles. The smallest absolute Gasteiger partial charge is 0.194 e. The molecule has 0 bridgehead atoms. The summed E-state index contributed by atoms with van der Waals surface area (Å²) in [5, 5.41) is 9.37. The van der Waals surface area contributed by atoms with Crippen LogP contribution in [0.15, 0.2) is 10.5 Å². The number of benzene rings is 1. The molecular weight excluding hydrogens is 253 g/mol. The third-order valence-electron chi connectivity index (χ3n) is 1.87. The molecule has 3 N–H and O–H groups in total. The second-order valence-electron chi connectivity index (χ2n) is 2.74. The second-order valence-corrected chi connectivity index (χ2v) is 3.59. The van der Waals surface area contributed by atoms with E-state index >= 15 is 0 Å². The van der Waals surface area contributed by atoms with Crippen molar-refractivity contribution >= 4 is 15.9 Å². The molecule has 0 saturated heterocycles. The van der Waals surface area contributed by atoms with E-state index in [1.54, 1.807) is 0 Å². The number of phenols is 1. The van der Waals surface area contributed by atoms with Crippen LogP contribution < -0.4 is 10.5 Å². The lowest BCUT2D eigenvalue weighted by atomic mass is 10.1. The van der Waals surface area contributed by atoms with Gasteiger partial charge in [0.1, 0.15) is 0 Å². The molecule has 0 spiro atoms. The fourth-order valence-corrected chi connectivity index (χ4v) is 1.74. The molecule has 0 radical (unpaired) electrons. The molecule has 1 rings (SSSR count). The highest BCUT2D eigenvalue weighted by Gasteiger charge is 2.16. The first-order valence-electron chi connectivity index (χ1n) is 4.05. The molecule has 14 heavy (non-hydrogen) atoms. The van der Waals surface area contributed by atoms with Crippen LogP contribution in [0, 0.1) is 5.82 Å². The topological polar surface area (TPSA) is 55.5 Å². The zero-order valence-electron chi connectivity index (χ0n) is 7.68. The van der Waals surface area contributed by atoms with Gasteiger partial charge in [-0.25, -0.2) is 4.39 Å². The Kier molecular flexibility index (Phi) is 3.71. The van der Waals surface area contributed by atoms with Crippen molar-refractivity contribution in [3.05, 3.63) is 21.9 Å². The molecule has 1 aromatic carbocycles. The summed E-state index contributed by atoms with van der Waals surface area (Å²) in [6.45, 7) is 0.321. The highest BCUT2D eigenvalue weighted by atomic mass is 79.9. The van der Waals surface area contributed by atoms with Crippen LogP contribution in [0.25, 0.3) is 0 Å². The fourth-order valence-electron chi connectivity index (χ4n) is 1.16. The van der Waals surface area contributed by atoms with Crippen LogP contribution in [-0.2, 0) is 6.42 Å². The van der Waals surface area contributed by atoms with Gasteiger partial charge in [-0.2, -0.15) is 0 Å². The summed E-state index contributed by atoms with van der Waals surface area (Å²) in [6, 6.07) is 1.52. The number of phenolic OH excluding ortho intramolecular Hbond substituents is 1. The van der Waals surface area contributed by atoms with Gasteiger partial charge in [0.25, 0.3) is 0 Å². The van der Waals surface area contributed by atoms with E-state index in [1.807, 2.05) is 0 Å². The van der Waals surface area contributed by atoms with Crippen molar-refractivity contribution in [2.75, 3.05) is 13.7 Å². The maximum absolute atomic E-state index is 13.5. The van der Waals surface area contributed by atoms with Gasteiger partial charge in [-0.3, -0.25) is 0 Å². The average Bonchev–Trinajstić information content (AvgIpc) is 2.18. The summed E-state index contributed by atoms with van der Waals surface area (Å²) < 4.78 is 18.8. The lowest BCUT2D eigenvalue weighted by Gasteiger charge is -2.10. The first kappa shape index (κ1) is 11.3. The molecule has 0 atom stereocenters. The number of ether oxygens (including phenoxy) is 1. The summed E-state index contributed by atoms with van der Waals surface area (Å²) in [5.74, 6) is -1.05. The second kappa shape index (κ2) is 4.61. The molecule has 0 saturated carbocycles. The van der Waals surface area contributed by atoms with Crippen molar-refractivity contribution in [2.24, 2.45) is 5.73 Å². The number of hydrogen-bond donors (Lipinski definition) is 2. The monoisotopic (exact) mass is 263 g/mol. The Balaban J connectivity index is 3.26. The molecule has 1 aromatic rings. The first-order valence-corrected chi connectivity index (χ1v) is 4.85. The maximum Gasteiger partial charge on any atom is 0.194 e. The van der Waals surface area contributed by atoms with E-state index in [4.69, 9.17) is 10.5 Å². The molecule has 0 aliphatic carbocycles. The van der Waals surface area contributed by atoms with E-state index in [0.29, 0.717) is 23.0 Å². The minimum atomic E-state index is -0.679. The highest BCUT2D eigenvalue weighted by Crippen LogP contribution is 2.36. The summed E-state index contributed by atoms with van der Waals surface area (Å²) in [4.78, 5) is 0. The molecule has 0 heterocycles. The predicted octanol–water partition coefficient (Wildman–Crippen LogP) is 1.80. The number of hydrogen-bond acceptors (Lipinski definition) is 3. The Labute approximate surface area is 89.8 Å². The van der Waals surface area contributed by atoms with Crippen molar-refractivity contribution in [2.45, 2.75) is 6.42 Å². The number of halogens is 2. The van der Waals surface area contributed by atoms with Crippen LogP contribution in [0.1, 0.15) is 5.56 Å².